The Bertz CT molecular complexity index is 573. The van der Waals surface area contributed by atoms with Crippen molar-refractivity contribution in [2.24, 2.45) is 0 Å². The first-order valence-corrected chi connectivity index (χ1v) is 7.45. The maximum absolute atomic E-state index is 12.7. The Morgan fingerprint density at radius 3 is 2.70 bits per heavy atom. The molecule has 23 heavy (non-hydrogen) atoms. The first-order valence-electron chi connectivity index (χ1n) is 7.45. The van der Waals surface area contributed by atoms with Gasteiger partial charge < -0.3 is 15.3 Å². The molecule has 1 atom stereocenters. The van der Waals surface area contributed by atoms with Gasteiger partial charge in [-0.15, -0.1) is 0 Å². The molecule has 2 rings (SSSR count). The highest BCUT2D eigenvalue weighted by molar-refractivity contribution is 5.74. The number of hydrogen-bond acceptors (Lipinski definition) is 3. The molecular weight excluding hydrogens is 313 g/mol. The van der Waals surface area contributed by atoms with E-state index in [9.17, 15) is 23.1 Å². The Balaban J connectivity index is 1.75. The molecule has 0 radical (unpaired) electrons. The number of aryl methyl sites for hydroxylation is 3. The van der Waals surface area contributed by atoms with Gasteiger partial charge in [-0.25, -0.2) is 4.79 Å². The van der Waals surface area contributed by atoms with Crippen molar-refractivity contribution in [2.45, 2.75) is 45.0 Å². The number of likely N-dealkylation sites (tertiary alicyclic amines) is 1. The topological polar surface area (TPSA) is 70.4 Å². The van der Waals surface area contributed by atoms with Crippen LogP contribution in [0.2, 0.25) is 0 Å². The predicted octanol–water partition coefficient (Wildman–Crippen LogP) is 1.60. The maximum Gasteiger partial charge on any atom is 0.419 e. The molecule has 1 aliphatic rings. The Morgan fingerprint density at radius 2 is 2.17 bits per heavy atom. The lowest BCUT2D eigenvalue weighted by Crippen LogP contribution is -2.49. The van der Waals surface area contributed by atoms with Gasteiger partial charge in [-0.05, 0) is 26.3 Å². The van der Waals surface area contributed by atoms with Crippen LogP contribution in [0, 0.1) is 13.8 Å². The van der Waals surface area contributed by atoms with Crippen molar-refractivity contribution in [2.75, 3.05) is 19.6 Å². The molecular formula is C14H21F3N4O2. The molecule has 0 spiro atoms. The lowest BCUT2D eigenvalue weighted by Gasteiger charge is -2.25. The Kier molecular flexibility index (Phi) is 4.88. The maximum atomic E-state index is 12.7. The summed E-state index contributed by atoms with van der Waals surface area (Å²) >= 11 is 0. The number of aromatic nitrogens is 2. The van der Waals surface area contributed by atoms with Crippen LogP contribution in [0.3, 0.4) is 0 Å². The summed E-state index contributed by atoms with van der Waals surface area (Å²) in [4.78, 5) is 12.9. The molecule has 6 nitrogen and oxygen atoms in total. The number of hydrogen-bond donors (Lipinski definition) is 2. The van der Waals surface area contributed by atoms with E-state index in [4.69, 9.17) is 0 Å². The molecule has 1 aromatic rings. The number of carbonyl (C=O) groups excluding carboxylic acids is 1. The average Bonchev–Trinajstić information content (AvgIpc) is 2.98. The van der Waals surface area contributed by atoms with Crippen molar-refractivity contribution in [3.05, 3.63) is 17.5 Å². The number of urea groups is 1. The van der Waals surface area contributed by atoms with Crippen molar-refractivity contribution < 1.29 is 23.1 Å². The molecule has 2 N–H and O–H groups in total. The van der Waals surface area contributed by atoms with Crippen molar-refractivity contribution in [1.82, 2.24) is 20.0 Å². The van der Waals surface area contributed by atoms with E-state index in [2.05, 4.69) is 10.4 Å². The molecule has 130 valence electrons. The van der Waals surface area contributed by atoms with Crippen molar-refractivity contribution in [3.8, 4) is 0 Å². The minimum absolute atomic E-state index is 0.112. The van der Waals surface area contributed by atoms with Gasteiger partial charge >= 0.3 is 12.2 Å². The number of β-amino-alcohol motifs (C(OH)–C–C–N with tert-alkyl or cyclic N) is 1. The second-order valence-corrected chi connectivity index (χ2v) is 5.94. The lowest BCUT2D eigenvalue weighted by atomic mass is 10.0. The van der Waals surface area contributed by atoms with Crippen molar-refractivity contribution >= 4 is 6.03 Å². The number of aliphatic hydroxyl groups is 1. The first-order chi connectivity index (χ1) is 10.6. The van der Waals surface area contributed by atoms with E-state index in [1.807, 2.05) is 24.6 Å². The van der Waals surface area contributed by atoms with Gasteiger partial charge in [0.1, 0.15) is 0 Å². The Morgan fingerprint density at radius 1 is 1.48 bits per heavy atom. The number of carbonyl (C=O) groups is 1. The zero-order valence-electron chi connectivity index (χ0n) is 13.2. The van der Waals surface area contributed by atoms with E-state index in [0.29, 0.717) is 19.5 Å². The van der Waals surface area contributed by atoms with Crippen LogP contribution in [-0.4, -0.2) is 57.2 Å². The molecule has 1 aromatic heterocycles. The summed E-state index contributed by atoms with van der Waals surface area (Å²) < 4.78 is 39.9. The molecule has 2 amide bonds. The standard InChI is InChI=1S/C14H21F3N4O2/c1-10-8-11(2)21(19-10)6-3-5-18-12(22)20-7-4-13(23,9-20)14(15,16)17/h8,23H,3-7,9H2,1-2H3,(H,18,22). The zero-order valence-corrected chi connectivity index (χ0v) is 13.2. The highest BCUT2D eigenvalue weighted by Gasteiger charge is 2.57. The summed E-state index contributed by atoms with van der Waals surface area (Å²) in [6, 6.07) is 1.36. The van der Waals surface area contributed by atoms with Crippen LogP contribution < -0.4 is 5.32 Å². The van der Waals surface area contributed by atoms with Gasteiger partial charge in [0, 0.05) is 31.7 Å². The number of rotatable bonds is 4. The van der Waals surface area contributed by atoms with E-state index in [1.165, 1.54) is 0 Å². The smallest absolute Gasteiger partial charge is 0.379 e. The molecule has 1 unspecified atom stereocenters. The van der Waals surface area contributed by atoms with Crippen molar-refractivity contribution in [3.63, 3.8) is 0 Å². The number of nitrogens with zero attached hydrogens (tertiary/aromatic N) is 3. The van der Waals surface area contributed by atoms with E-state index in [1.54, 1.807) is 0 Å². The van der Waals surface area contributed by atoms with Crippen LogP contribution in [-0.2, 0) is 6.54 Å². The molecule has 1 fully saturated rings. The largest absolute Gasteiger partial charge is 0.419 e. The molecule has 9 heteroatoms. The third-order valence-electron chi connectivity index (χ3n) is 3.99. The third kappa shape index (κ3) is 3.95. The fourth-order valence-electron chi connectivity index (χ4n) is 2.64. The molecule has 0 bridgehead atoms. The second kappa shape index (κ2) is 6.38. The zero-order chi connectivity index (χ0) is 17.3. The van der Waals surface area contributed by atoms with Crippen LogP contribution >= 0.6 is 0 Å². The second-order valence-electron chi connectivity index (χ2n) is 5.94. The van der Waals surface area contributed by atoms with E-state index in [-0.39, 0.29) is 6.54 Å². The third-order valence-corrected chi connectivity index (χ3v) is 3.99. The van der Waals surface area contributed by atoms with E-state index >= 15 is 0 Å². The van der Waals surface area contributed by atoms with Crippen LogP contribution in [0.15, 0.2) is 6.07 Å². The SMILES string of the molecule is Cc1cc(C)n(CCCNC(=O)N2CCC(O)(C(F)(F)F)C2)n1. The predicted molar refractivity (Wildman–Crippen MR) is 76.9 cm³/mol. The van der Waals surface area contributed by atoms with Gasteiger partial charge in [-0.2, -0.15) is 18.3 Å². The monoisotopic (exact) mass is 334 g/mol. The summed E-state index contributed by atoms with van der Waals surface area (Å²) in [5, 5.41) is 16.4. The van der Waals surface area contributed by atoms with Crippen LogP contribution in [0.5, 0.6) is 0 Å². The fourth-order valence-corrected chi connectivity index (χ4v) is 2.64. The summed E-state index contributed by atoms with van der Waals surface area (Å²) in [5.74, 6) is 0. The minimum atomic E-state index is -4.72. The van der Waals surface area contributed by atoms with Gasteiger partial charge in [0.25, 0.3) is 0 Å². The molecule has 0 saturated carbocycles. The highest BCUT2D eigenvalue weighted by atomic mass is 19.4. The normalized spacial score (nSPS) is 21.7. The number of nitrogens with one attached hydrogen (secondary N) is 1. The Hall–Kier alpha value is -1.77. The number of alkyl halides is 3. The van der Waals surface area contributed by atoms with E-state index < -0.39 is 30.8 Å². The van der Waals surface area contributed by atoms with Crippen LogP contribution in [0.25, 0.3) is 0 Å². The van der Waals surface area contributed by atoms with Gasteiger partial charge in [-0.3, -0.25) is 4.68 Å². The van der Waals surface area contributed by atoms with Gasteiger partial charge in [0.15, 0.2) is 5.60 Å². The van der Waals surface area contributed by atoms with Crippen LogP contribution in [0.4, 0.5) is 18.0 Å². The van der Waals surface area contributed by atoms with Gasteiger partial charge in [-0.1, -0.05) is 0 Å². The quantitative estimate of drug-likeness (QED) is 0.822. The fraction of sp³-hybridized carbons (Fsp3) is 0.714. The molecule has 0 aliphatic carbocycles. The van der Waals surface area contributed by atoms with Gasteiger partial charge in [0.05, 0.1) is 12.2 Å². The lowest BCUT2D eigenvalue weighted by molar-refractivity contribution is -0.253. The van der Waals surface area contributed by atoms with Crippen molar-refractivity contribution in [1.29, 1.82) is 0 Å². The molecule has 0 aromatic carbocycles. The number of halogens is 3. The summed E-state index contributed by atoms with van der Waals surface area (Å²) in [6.07, 6.45) is -4.60. The van der Waals surface area contributed by atoms with Gasteiger partial charge in [0.2, 0.25) is 0 Å². The summed E-state index contributed by atoms with van der Waals surface area (Å²) in [7, 11) is 0. The molecule has 1 aliphatic heterocycles. The number of amides is 2. The minimum Gasteiger partial charge on any atom is -0.379 e. The molecule has 2 heterocycles. The first kappa shape index (κ1) is 17.6. The summed E-state index contributed by atoms with van der Waals surface area (Å²) in [5.41, 5.74) is -0.868. The summed E-state index contributed by atoms with van der Waals surface area (Å²) in [6.45, 7) is 3.94. The molecule has 1 saturated heterocycles. The average molecular weight is 334 g/mol. The van der Waals surface area contributed by atoms with E-state index in [0.717, 1.165) is 16.3 Å². The highest BCUT2D eigenvalue weighted by Crippen LogP contribution is 2.37. The Labute approximate surface area is 132 Å². The van der Waals surface area contributed by atoms with Crippen LogP contribution in [0.1, 0.15) is 24.2 Å².